The number of aliphatic hydroxyl groups is 1. The highest BCUT2D eigenvalue weighted by Gasteiger charge is 2.22. The molecule has 0 bridgehead atoms. The number of hydrogen-bond acceptors (Lipinski definition) is 3. The zero-order valence-electron chi connectivity index (χ0n) is 27.0. The molecule has 0 saturated carbocycles. The third-order valence-electron chi connectivity index (χ3n) is 8.22. The first-order valence-corrected chi connectivity index (χ1v) is 20.0. The molecule has 3 rings (SSSR count). The fraction of sp³-hybridized carbons (Fsp3) is 0.657. The molecule has 2 aromatic rings. The predicted molar refractivity (Wildman–Crippen MR) is 180 cm³/mol. The molecule has 1 heterocycles. The van der Waals surface area contributed by atoms with Crippen LogP contribution in [0.2, 0.25) is 22.2 Å². The first-order chi connectivity index (χ1) is 19.1. The van der Waals surface area contributed by atoms with E-state index < -0.39 is 17.6 Å². The fourth-order valence-corrected chi connectivity index (χ4v) is 14.2. The van der Waals surface area contributed by atoms with Crippen molar-refractivity contribution in [2.45, 2.75) is 129 Å². The van der Waals surface area contributed by atoms with Crippen molar-refractivity contribution in [2.24, 2.45) is 0 Å². The Morgan fingerprint density at radius 1 is 0.750 bits per heavy atom. The Kier molecular flexibility index (Phi) is 16.6. The molecule has 226 valence electrons. The topological polar surface area (TPSA) is 38.7 Å². The summed E-state index contributed by atoms with van der Waals surface area (Å²) in [6.07, 6.45) is 7.60. The van der Waals surface area contributed by atoms with E-state index in [9.17, 15) is 0 Å². The van der Waals surface area contributed by atoms with Gasteiger partial charge in [-0.3, -0.25) is 0 Å². The average molecular weight is 585 g/mol. The molecule has 1 N–H and O–H groups in total. The highest BCUT2D eigenvalue weighted by atomic mass is 28.3. The summed E-state index contributed by atoms with van der Waals surface area (Å²) in [5.74, 6) is 0. The van der Waals surface area contributed by atoms with Gasteiger partial charge in [-0.1, -0.05) is 114 Å². The van der Waals surface area contributed by atoms with Crippen molar-refractivity contribution in [1.82, 2.24) is 0 Å². The van der Waals surface area contributed by atoms with Gasteiger partial charge >= 0.3 is 0 Å². The Morgan fingerprint density at radius 3 is 1.68 bits per heavy atom. The standard InChI is InChI=1S/C20H34O2Si.C15H26OSi/c1-16(2)23(17(3)4)19-11-7-9-18(15-19)10-8-14-22-20-12-5-6-13-21-20;1-12(2)17(13(3)4)15-9-5-7-14(11-15)8-6-10-16/h7,9,11,15-17,20,23H,5-6,8,10,12-14H2,1-4H3;5,7,9,11-13,16-17H,6,8,10H2,1-4H3. The molecule has 1 saturated heterocycles. The fourth-order valence-electron chi connectivity index (χ4n) is 6.61. The summed E-state index contributed by atoms with van der Waals surface area (Å²) in [6.45, 7) is 21.0. The van der Waals surface area contributed by atoms with Gasteiger partial charge in [-0.25, -0.2) is 0 Å². The van der Waals surface area contributed by atoms with Crippen LogP contribution in [-0.2, 0) is 22.3 Å². The van der Waals surface area contributed by atoms with E-state index in [0.29, 0.717) is 6.61 Å². The Bertz CT molecular complexity index is 922. The van der Waals surface area contributed by atoms with Crippen molar-refractivity contribution in [1.29, 1.82) is 0 Å². The molecule has 0 aromatic heterocycles. The van der Waals surface area contributed by atoms with Gasteiger partial charge in [0.2, 0.25) is 0 Å². The molecule has 0 spiro atoms. The molecule has 1 aliphatic heterocycles. The van der Waals surface area contributed by atoms with E-state index in [4.69, 9.17) is 14.6 Å². The zero-order chi connectivity index (χ0) is 29.5. The maximum Gasteiger partial charge on any atom is 0.157 e. The predicted octanol–water partition coefficient (Wildman–Crippen LogP) is 7.28. The van der Waals surface area contributed by atoms with Gasteiger partial charge in [0.15, 0.2) is 6.29 Å². The van der Waals surface area contributed by atoms with E-state index in [1.54, 1.807) is 10.4 Å². The van der Waals surface area contributed by atoms with Crippen LogP contribution in [0.3, 0.4) is 0 Å². The summed E-state index contributed by atoms with van der Waals surface area (Å²) >= 11 is 0. The zero-order valence-corrected chi connectivity index (χ0v) is 29.3. The van der Waals surface area contributed by atoms with Crippen molar-refractivity contribution in [3.8, 4) is 0 Å². The summed E-state index contributed by atoms with van der Waals surface area (Å²) in [6, 6.07) is 18.4. The first kappa shape index (κ1) is 35.0. The van der Waals surface area contributed by atoms with Crippen LogP contribution < -0.4 is 10.4 Å². The monoisotopic (exact) mass is 584 g/mol. The summed E-state index contributed by atoms with van der Waals surface area (Å²) < 4.78 is 11.5. The van der Waals surface area contributed by atoms with Crippen LogP contribution in [0.1, 0.15) is 98.6 Å². The SMILES string of the molecule is CC(C)[SiH](c1cccc(CCCO)c1)C(C)C.CC(C)[SiH](c1cccc(CCCOC2CCCCO2)c1)C(C)C. The van der Waals surface area contributed by atoms with E-state index in [2.05, 4.69) is 104 Å². The van der Waals surface area contributed by atoms with Gasteiger partial charge in [0.05, 0.1) is 24.2 Å². The summed E-state index contributed by atoms with van der Waals surface area (Å²) in [5, 5.41) is 12.1. The lowest BCUT2D eigenvalue weighted by atomic mass is 10.1. The lowest BCUT2D eigenvalue weighted by Crippen LogP contribution is -2.36. The summed E-state index contributed by atoms with van der Waals surface area (Å²) in [5.41, 5.74) is 6.10. The molecule has 5 heteroatoms. The summed E-state index contributed by atoms with van der Waals surface area (Å²) in [4.78, 5) is 0. The average Bonchev–Trinajstić information content (AvgIpc) is 2.91. The van der Waals surface area contributed by atoms with Gasteiger partial charge in [-0.15, -0.1) is 0 Å². The van der Waals surface area contributed by atoms with Crippen molar-refractivity contribution < 1.29 is 14.6 Å². The highest BCUT2D eigenvalue weighted by molar-refractivity contribution is 6.76. The molecule has 0 aliphatic carbocycles. The molecule has 3 nitrogen and oxygen atoms in total. The van der Waals surface area contributed by atoms with E-state index in [-0.39, 0.29) is 6.29 Å². The van der Waals surface area contributed by atoms with E-state index in [1.165, 1.54) is 24.0 Å². The van der Waals surface area contributed by atoms with Crippen molar-refractivity contribution >= 4 is 28.0 Å². The van der Waals surface area contributed by atoms with Crippen LogP contribution in [0.5, 0.6) is 0 Å². The second kappa shape index (κ2) is 19.0. The van der Waals surface area contributed by atoms with E-state index in [0.717, 1.165) is 67.5 Å². The van der Waals surface area contributed by atoms with Crippen LogP contribution in [0.25, 0.3) is 0 Å². The van der Waals surface area contributed by atoms with Crippen LogP contribution in [0, 0.1) is 0 Å². The minimum atomic E-state index is -0.882. The van der Waals surface area contributed by atoms with Crippen LogP contribution in [-0.4, -0.2) is 48.8 Å². The third-order valence-corrected chi connectivity index (χ3v) is 16.2. The number of benzene rings is 2. The molecule has 2 aromatic carbocycles. The molecule has 0 amide bonds. The minimum Gasteiger partial charge on any atom is -0.396 e. The Hall–Kier alpha value is -1.25. The van der Waals surface area contributed by atoms with Gasteiger partial charge in [-0.2, -0.15) is 0 Å². The first-order valence-electron chi connectivity index (χ1n) is 16.2. The summed E-state index contributed by atoms with van der Waals surface area (Å²) in [7, 11) is -1.75. The number of rotatable bonds is 14. The van der Waals surface area contributed by atoms with Gasteiger partial charge in [0, 0.05) is 13.2 Å². The number of aliphatic hydroxyl groups excluding tert-OH is 1. The molecule has 1 unspecified atom stereocenters. The van der Waals surface area contributed by atoms with Crippen LogP contribution in [0.4, 0.5) is 0 Å². The van der Waals surface area contributed by atoms with Gasteiger partial charge in [0.25, 0.3) is 0 Å². The third kappa shape index (κ3) is 12.3. The molecular weight excluding hydrogens is 525 g/mol. The second-order valence-electron chi connectivity index (χ2n) is 13.1. The van der Waals surface area contributed by atoms with E-state index in [1.807, 2.05) is 0 Å². The maximum atomic E-state index is 8.89. The Labute approximate surface area is 250 Å². The smallest absolute Gasteiger partial charge is 0.157 e. The minimum absolute atomic E-state index is 0.0498. The Balaban J connectivity index is 0.000000294. The quantitative estimate of drug-likeness (QED) is 0.187. The molecule has 1 atom stereocenters. The van der Waals surface area contributed by atoms with Crippen LogP contribution >= 0.6 is 0 Å². The number of ether oxygens (including phenoxy) is 2. The molecule has 1 aliphatic rings. The molecule has 1 fully saturated rings. The number of aryl methyl sites for hydroxylation is 2. The van der Waals surface area contributed by atoms with Crippen molar-refractivity contribution in [3.63, 3.8) is 0 Å². The van der Waals surface area contributed by atoms with Gasteiger partial charge in [-0.05, 0) is 78.2 Å². The molecule has 40 heavy (non-hydrogen) atoms. The lowest BCUT2D eigenvalue weighted by Gasteiger charge is -2.24. The lowest BCUT2D eigenvalue weighted by molar-refractivity contribution is -0.162. The Morgan fingerprint density at radius 2 is 1.25 bits per heavy atom. The molecular formula is C35H60O3Si2. The number of hydrogen-bond donors (Lipinski definition) is 1. The van der Waals surface area contributed by atoms with Gasteiger partial charge in [0.1, 0.15) is 0 Å². The maximum absolute atomic E-state index is 8.89. The highest BCUT2D eigenvalue weighted by Crippen LogP contribution is 2.22. The second-order valence-corrected chi connectivity index (χ2v) is 21.9. The van der Waals surface area contributed by atoms with Crippen LogP contribution in [0.15, 0.2) is 48.5 Å². The van der Waals surface area contributed by atoms with Crippen molar-refractivity contribution in [3.05, 3.63) is 59.7 Å². The van der Waals surface area contributed by atoms with E-state index >= 15 is 0 Å². The van der Waals surface area contributed by atoms with Gasteiger partial charge < -0.3 is 14.6 Å². The van der Waals surface area contributed by atoms with Crippen molar-refractivity contribution in [2.75, 3.05) is 19.8 Å². The largest absolute Gasteiger partial charge is 0.396 e. The molecule has 0 radical (unpaired) electrons. The normalized spacial score (nSPS) is 15.9.